The predicted molar refractivity (Wildman–Crippen MR) is 40.8 cm³/mol. The topological polar surface area (TPSA) is 20.2 Å². The van der Waals surface area contributed by atoms with Crippen molar-refractivity contribution in [2.75, 3.05) is 0 Å². The molecule has 0 aromatic heterocycles. The minimum atomic E-state index is -0.456. The van der Waals surface area contributed by atoms with E-state index < -0.39 is 6.10 Å². The summed E-state index contributed by atoms with van der Waals surface area (Å²) in [5, 5.41) is 8.72. The van der Waals surface area contributed by atoms with Gasteiger partial charge in [0.25, 0.3) is 0 Å². The van der Waals surface area contributed by atoms with Gasteiger partial charge in [-0.05, 0) is 20.8 Å². The van der Waals surface area contributed by atoms with E-state index in [4.69, 9.17) is 16.7 Å². The lowest BCUT2D eigenvalue weighted by Gasteiger charge is -2.11. The van der Waals surface area contributed by atoms with Crippen molar-refractivity contribution in [3.8, 4) is 0 Å². The Kier molecular flexibility index (Phi) is 3.91. The molecule has 0 spiro atoms. The maximum Gasteiger partial charge on any atom is 0.0799 e. The molecule has 9 heavy (non-hydrogen) atoms. The SMILES string of the molecule is CC=C(C)C(Cl)C(C)O. The van der Waals surface area contributed by atoms with Gasteiger partial charge < -0.3 is 5.11 Å². The summed E-state index contributed by atoms with van der Waals surface area (Å²) in [4.78, 5) is 0. The first-order valence-corrected chi connectivity index (χ1v) is 3.48. The molecule has 0 bridgehead atoms. The Labute approximate surface area is 61.3 Å². The first-order chi connectivity index (χ1) is 4.09. The highest BCUT2D eigenvalue weighted by molar-refractivity contribution is 6.22. The van der Waals surface area contributed by atoms with Crippen molar-refractivity contribution in [2.45, 2.75) is 32.3 Å². The van der Waals surface area contributed by atoms with E-state index in [1.54, 1.807) is 6.92 Å². The molecule has 2 heteroatoms. The van der Waals surface area contributed by atoms with Gasteiger partial charge in [-0.3, -0.25) is 0 Å². The molecule has 0 aliphatic carbocycles. The van der Waals surface area contributed by atoms with Crippen molar-refractivity contribution in [1.29, 1.82) is 0 Å². The molecule has 0 aliphatic heterocycles. The second-order valence-corrected chi connectivity index (χ2v) is 2.65. The number of halogens is 1. The largest absolute Gasteiger partial charge is 0.392 e. The molecule has 2 atom stereocenters. The maximum atomic E-state index is 8.95. The highest BCUT2D eigenvalue weighted by atomic mass is 35.5. The smallest absolute Gasteiger partial charge is 0.0799 e. The van der Waals surface area contributed by atoms with Crippen molar-refractivity contribution in [3.05, 3.63) is 11.6 Å². The van der Waals surface area contributed by atoms with Crippen LogP contribution in [0.4, 0.5) is 0 Å². The van der Waals surface area contributed by atoms with Gasteiger partial charge in [-0.2, -0.15) is 0 Å². The molecular weight excluding hydrogens is 136 g/mol. The van der Waals surface area contributed by atoms with Crippen LogP contribution >= 0.6 is 11.6 Å². The first kappa shape index (κ1) is 8.99. The molecule has 0 saturated heterocycles. The van der Waals surface area contributed by atoms with Crippen LogP contribution in [-0.2, 0) is 0 Å². The fourth-order valence-corrected chi connectivity index (χ4v) is 0.666. The van der Waals surface area contributed by atoms with Crippen LogP contribution in [0.1, 0.15) is 20.8 Å². The zero-order valence-corrected chi connectivity index (χ0v) is 6.81. The zero-order chi connectivity index (χ0) is 7.44. The van der Waals surface area contributed by atoms with Crippen LogP contribution in [0, 0.1) is 0 Å². The van der Waals surface area contributed by atoms with E-state index in [0.29, 0.717) is 0 Å². The molecule has 0 fully saturated rings. The Morgan fingerprint density at radius 3 is 2.22 bits per heavy atom. The Hall–Kier alpha value is -0.0100. The molecule has 0 amide bonds. The Balaban J connectivity index is 3.88. The van der Waals surface area contributed by atoms with E-state index in [1.165, 1.54) is 0 Å². The third-order valence-electron chi connectivity index (χ3n) is 1.31. The van der Waals surface area contributed by atoms with Crippen LogP contribution < -0.4 is 0 Å². The second kappa shape index (κ2) is 3.91. The van der Waals surface area contributed by atoms with E-state index in [-0.39, 0.29) is 5.38 Å². The molecule has 0 aromatic rings. The monoisotopic (exact) mass is 148 g/mol. The molecule has 1 nitrogen and oxygen atoms in total. The third-order valence-corrected chi connectivity index (χ3v) is 2.02. The predicted octanol–water partition coefficient (Wildman–Crippen LogP) is 1.94. The molecule has 0 rings (SSSR count). The van der Waals surface area contributed by atoms with Gasteiger partial charge in [-0.1, -0.05) is 11.6 Å². The lowest BCUT2D eigenvalue weighted by atomic mass is 10.1. The molecule has 0 aromatic carbocycles. The van der Waals surface area contributed by atoms with Crippen LogP contribution in [0.2, 0.25) is 0 Å². The molecule has 0 saturated carbocycles. The molecule has 0 radical (unpaired) electrons. The summed E-state index contributed by atoms with van der Waals surface area (Å²) in [6.07, 6.45) is 1.45. The number of rotatable bonds is 2. The van der Waals surface area contributed by atoms with Crippen molar-refractivity contribution in [2.24, 2.45) is 0 Å². The van der Waals surface area contributed by atoms with Gasteiger partial charge in [0.15, 0.2) is 0 Å². The summed E-state index contributed by atoms with van der Waals surface area (Å²) >= 11 is 5.75. The van der Waals surface area contributed by atoms with Crippen LogP contribution in [0.15, 0.2) is 11.6 Å². The fourth-order valence-electron chi connectivity index (χ4n) is 0.540. The minimum absolute atomic E-state index is 0.227. The number of aliphatic hydroxyl groups is 1. The number of allylic oxidation sites excluding steroid dienone is 1. The van der Waals surface area contributed by atoms with Crippen molar-refractivity contribution < 1.29 is 5.11 Å². The van der Waals surface area contributed by atoms with E-state index in [1.807, 2.05) is 19.9 Å². The van der Waals surface area contributed by atoms with Gasteiger partial charge in [0.2, 0.25) is 0 Å². The molecule has 0 aliphatic rings. The quantitative estimate of drug-likeness (QED) is 0.469. The number of hydrogen-bond donors (Lipinski definition) is 1. The molecule has 0 heterocycles. The standard InChI is InChI=1S/C7H13ClO/c1-4-5(2)7(8)6(3)9/h4,6-7,9H,1-3H3. The van der Waals surface area contributed by atoms with E-state index in [2.05, 4.69) is 0 Å². The third kappa shape index (κ3) is 2.87. The number of aliphatic hydroxyl groups excluding tert-OH is 1. The summed E-state index contributed by atoms with van der Waals surface area (Å²) < 4.78 is 0. The highest BCUT2D eigenvalue weighted by Gasteiger charge is 2.11. The van der Waals surface area contributed by atoms with E-state index >= 15 is 0 Å². The average molecular weight is 149 g/mol. The fraction of sp³-hybridized carbons (Fsp3) is 0.714. The molecule has 1 N–H and O–H groups in total. The Morgan fingerprint density at radius 1 is 1.67 bits per heavy atom. The van der Waals surface area contributed by atoms with Gasteiger partial charge in [0.1, 0.15) is 0 Å². The maximum absolute atomic E-state index is 8.95. The van der Waals surface area contributed by atoms with Crippen LogP contribution in [-0.4, -0.2) is 16.6 Å². The van der Waals surface area contributed by atoms with Crippen molar-refractivity contribution in [1.82, 2.24) is 0 Å². The normalized spacial score (nSPS) is 19.4. The summed E-state index contributed by atoms with van der Waals surface area (Å²) in [6.45, 7) is 5.50. The van der Waals surface area contributed by atoms with Crippen molar-refractivity contribution in [3.63, 3.8) is 0 Å². The average Bonchev–Trinajstić information content (AvgIpc) is 1.84. The summed E-state index contributed by atoms with van der Waals surface area (Å²) in [6, 6.07) is 0. The van der Waals surface area contributed by atoms with Gasteiger partial charge in [0, 0.05) is 0 Å². The molecule has 54 valence electrons. The summed E-state index contributed by atoms with van der Waals surface area (Å²) in [7, 11) is 0. The minimum Gasteiger partial charge on any atom is -0.392 e. The second-order valence-electron chi connectivity index (χ2n) is 2.18. The highest BCUT2D eigenvalue weighted by Crippen LogP contribution is 2.12. The van der Waals surface area contributed by atoms with Crippen molar-refractivity contribution >= 4 is 11.6 Å². The lowest BCUT2D eigenvalue weighted by molar-refractivity contribution is 0.198. The Morgan fingerprint density at radius 2 is 2.11 bits per heavy atom. The van der Waals surface area contributed by atoms with Crippen LogP contribution in [0.3, 0.4) is 0 Å². The summed E-state index contributed by atoms with van der Waals surface area (Å²) in [5.74, 6) is 0. The van der Waals surface area contributed by atoms with E-state index in [0.717, 1.165) is 5.57 Å². The van der Waals surface area contributed by atoms with Crippen LogP contribution in [0.5, 0.6) is 0 Å². The zero-order valence-electron chi connectivity index (χ0n) is 6.06. The van der Waals surface area contributed by atoms with Gasteiger partial charge in [0.05, 0.1) is 11.5 Å². The number of hydrogen-bond acceptors (Lipinski definition) is 1. The first-order valence-electron chi connectivity index (χ1n) is 3.04. The van der Waals surface area contributed by atoms with Gasteiger partial charge >= 0.3 is 0 Å². The number of alkyl halides is 1. The van der Waals surface area contributed by atoms with Crippen LogP contribution in [0.25, 0.3) is 0 Å². The van der Waals surface area contributed by atoms with Gasteiger partial charge in [-0.25, -0.2) is 0 Å². The molecule has 2 unspecified atom stereocenters. The van der Waals surface area contributed by atoms with Gasteiger partial charge in [-0.15, -0.1) is 11.6 Å². The summed E-state index contributed by atoms with van der Waals surface area (Å²) in [5.41, 5.74) is 1.02. The van der Waals surface area contributed by atoms with E-state index in [9.17, 15) is 0 Å². The lowest BCUT2D eigenvalue weighted by Crippen LogP contribution is -2.17. The Bertz CT molecular complexity index is 107. The molecular formula is C7H13ClO.